The molecule has 1 saturated heterocycles. The summed E-state index contributed by atoms with van der Waals surface area (Å²) in [6.45, 7) is 3.97. The molecule has 9 heteroatoms. The van der Waals surface area contributed by atoms with Gasteiger partial charge >= 0.3 is 6.18 Å². The highest BCUT2D eigenvalue weighted by Gasteiger charge is 2.33. The molecule has 6 nitrogen and oxygen atoms in total. The number of nitrogens with two attached hydrogens (primary N) is 1. The van der Waals surface area contributed by atoms with Crippen LogP contribution in [0.4, 0.5) is 18.9 Å². The van der Waals surface area contributed by atoms with Gasteiger partial charge in [-0.3, -0.25) is 9.59 Å². The second-order valence-electron chi connectivity index (χ2n) is 8.95. The van der Waals surface area contributed by atoms with Gasteiger partial charge in [-0.2, -0.15) is 13.2 Å². The van der Waals surface area contributed by atoms with Crippen LogP contribution in [0.5, 0.6) is 0 Å². The Labute approximate surface area is 207 Å². The number of Topliss-reactive ketones (excluding diaryl/α,β-unsaturated/α-hetero) is 1. The lowest BCUT2D eigenvalue weighted by Gasteiger charge is -2.29. The van der Waals surface area contributed by atoms with E-state index in [9.17, 15) is 22.8 Å². The van der Waals surface area contributed by atoms with Gasteiger partial charge < -0.3 is 19.9 Å². The van der Waals surface area contributed by atoms with E-state index < -0.39 is 11.7 Å². The van der Waals surface area contributed by atoms with Gasteiger partial charge in [0.05, 0.1) is 18.8 Å². The number of halogens is 3. The maximum Gasteiger partial charge on any atom is 0.416 e. The number of morpholine rings is 1. The third kappa shape index (κ3) is 5.37. The molecule has 0 amide bonds. The van der Waals surface area contributed by atoms with Crippen molar-refractivity contribution in [2.24, 2.45) is 12.8 Å². The van der Waals surface area contributed by atoms with Crippen LogP contribution in [-0.4, -0.2) is 36.7 Å². The summed E-state index contributed by atoms with van der Waals surface area (Å²) in [4.78, 5) is 27.9. The van der Waals surface area contributed by atoms with E-state index in [1.807, 2.05) is 17.9 Å². The van der Waals surface area contributed by atoms with Crippen molar-refractivity contribution in [2.45, 2.75) is 26.1 Å². The van der Waals surface area contributed by atoms with Crippen LogP contribution < -0.4 is 16.2 Å². The van der Waals surface area contributed by atoms with E-state index in [-0.39, 0.29) is 35.4 Å². The Kier molecular flexibility index (Phi) is 7.33. The maximum absolute atomic E-state index is 13.4. The van der Waals surface area contributed by atoms with E-state index in [0.717, 1.165) is 22.8 Å². The minimum atomic E-state index is -4.55. The Morgan fingerprint density at radius 1 is 1.08 bits per heavy atom. The first-order chi connectivity index (χ1) is 17.1. The number of alkyl halides is 3. The van der Waals surface area contributed by atoms with E-state index in [4.69, 9.17) is 10.5 Å². The fraction of sp³-hybridized carbons (Fsp3) is 0.333. The van der Waals surface area contributed by atoms with Crippen LogP contribution in [0.25, 0.3) is 11.1 Å². The number of pyridine rings is 1. The van der Waals surface area contributed by atoms with E-state index in [0.29, 0.717) is 37.6 Å². The Bertz CT molecular complexity index is 1340. The highest BCUT2D eigenvalue weighted by Crippen LogP contribution is 2.33. The van der Waals surface area contributed by atoms with Gasteiger partial charge in [0.25, 0.3) is 5.56 Å². The predicted octanol–water partition coefficient (Wildman–Crippen LogP) is 4.10. The summed E-state index contributed by atoms with van der Waals surface area (Å²) in [5.41, 5.74) is 8.18. The molecule has 2 aromatic carbocycles. The summed E-state index contributed by atoms with van der Waals surface area (Å²) in [7, 11) is 1.68. The molecule has 0 saturated carbocycles. The molecule has 1 aromatic heterocycles. The summed E-state index contributed by atoms with van der Waals surface area (Å²) >= 11 is 0. The Morgan fingerprint density at radius 2 is 1.81 bits per heavy atom. The first-order valence-electron chi connectivity index (χ1n) is 11.6. The molecular weight excluding hydrogens is 471 g/mol. The zero-order valence-electron chi connectivity index (χ0n) is 20.2. The second-order valence-corrected chi connectivity index (χ2v) is 8.95. The predicted molar refractivity (Wildman–Crippen MR) is 132 cm³/mol. The molecule has 1 fully saturated rings. The Balaban J connectivity index is 1.66. The SMILES string of the molecule is Cc1ccc(C(=O)Cc2ccc(CN)c(C(F)(F)F)c2)cc1-c1cc(N2CCOCC2)c(=O)n(C)c1. The fourth-order valence-corrected chi connectivity index (χ4v) is 4.44. The van der Waals surface area contributed by atoms with Crippen molar-refractivity contribution < 1.29 is 22.7 Å². The molecule has 0 unspecified atom stereocenters. The van der Waals surface area contributed by atoms with E-state index >= 15 is 0 Å². The van der Waals surface area contributed by atoms with Crippen molar-refractivity contribution in [3.05, 3.63) is 86.8 Å². The smallest absolute Gasteiger partial charge is 0.378 e. The highest BCUT2D eigenvalue weighted by atomic mass is 19.4. The molecule has 0 spiro atoms. The van der Waals surface area contributed by atoms with Gasteiger partial charge in [-0.05, 0) is 47.4 Å². The van der Waals surface area contributed by atoms with Crippen LogP contribution in [-0.2, 0) is 30.9 Å². The van der Waals surface area contributed by atoms with Gasteiger partial charge in [0.15, 0.2) is 5.78 Å². The van der Waals surface area contributed by atoms with Crippen molar-refractivity contribution in [3.63, 3.8) is 0 Å². The number of carbonyl (C=O) groups is 1. The summed E-state index contributed by atoms with van der Waals surface area (Å²) in [5.74, 6) is -0.303. The van der Waals surface area contributed by atoms with Crippen LogP contribution >= 0.6 is 0 Å². The standard InChI is InChI=1S/C27H28F3N3O3/c1-17-3-5-19(25(34)12-18-4-6-20(15-31)23(11-18)27(28,29)30)13-22(17)21-14-24(26(35)32(2)16-21)33-7-9-36-10-8-33/h3-6,11,13-14,16H,7-10,12,15,31H2,1-2H3. The lowest BCUT2D eigenvalue weighted by Crippen LogP contribution is -2.40. The molecular formula is C27H28F3N3O3. The molecule has 0 atom stereocenters. The molecule has 0 aliphatic carbocycles. The third-order valence-electron chi connectivity index (χ3n) is 6.45. The Morgan fingerprint density at radius 3 is 2.47 bits per heavy atom. The number of ketones is 1. The van der Waals surface area contributed by atoms with Gasteiger partial charge in [0.1, 0.15) is 5.69 Å². The first kappa shape index (κ1) is 25.7. The number of nitrogens with zero attached hydrogens (tertiary/aromatic N) is 2. The van der Waals surface area contributed by atoms with Gasteiger partial charge in [-0.15, -0.1) is 0 Å². The number of hydrogen-bond acceptors (Lipinski definition) is 5. The summed E-state index contributed by atoms with van der Waals surface area (Å²) in [6, 6.07) is 10.9. The minimum Gasteiger partial charge on any atom is -0.378 e. The van der Waals surface area contributed by atoms with Crippen LogP contribution in [0.1, 0.15) is 32.6 Å². The van der Waals surface area contributed by atoms with E-state index in [1.165, 1.54) is 16.7 Å². The third-order valence-corrected chi connectivity index (χ3v) is 6.45. The van der Waals surface area contributed by atoms with Crippen LogP contribution in [0.15, 0.2) is 53.5 Å². The molecule has 1 aliphatic rings. The van der Waals surface area contributed by atoms with E-state index in [2.05, 4.69) is 0 Å². The summed E-state index contributed by atoms with van der Waals surface area (Å²) in [6.07, 6.45) is -3.00. The maximum atomic E-state index is 13.4. The number of anilines is 1. The molecule has 1 aliphatic heterocycles. The lowest BCUT2D eigenvalue weighted by atomic mass is 9.94. The molecule has 4 rings (SSSR count). The second kappa shape index (κ2) is 10.3. The van der Waals surface area contributed by atoms with Crippen molar-refractivity contribution in [1.82, 2.24) is 4.57 Å². The first-order valence-corrected chi connectivity index (χ1v) is 11.6. The van der Waals surface area contributed by atoms with Gasteiger partial charge in [-0.1, -0.05) is 24.3 Å². The summed E-state index contributed by atoms with van der Waals surface area (Å²) in [5, 5.41) is 0. The molecule has 190 valence electrons. The Hall–Kier alpha value is -3.43. The van der Waals surface area contributed by atoms with Crippen molar-refractivity contribution in [3.8, 4) is 11.1 Å². The minimum absolute atomic E-state index is 0.0120. The number of hydrogen-bond donors (Lipinski definition) is 1. The fourth-order valence-electron chi connectivity index (χ4n) is 4.44. The monoisotopic (exact) mass is 499 g/mol. The van der Waals surface area contributed by atoms with E-state index in [1.54, 1.807) is 31.4 Å². The van der Waals surface area contributed by atoms with Crippen LogP contribution in [0.2, 0.25) is 0 Å². The quantitative estimate of drug-likeness (QED) is 0.517. The molecule has 0 bridgehead atoms. The molecule has 2 N–H and O–H groups in total. The van der Waals surface area contributed by atoms with Gasteiger partial charge in [-0.25, -0.2) is 0 Å². The van der Waals surface area contributed by atoms with Crippen molar-refractivity contribution in [1.29, 1.82) is 0 Å². The zero-order chi connectivity index (χ0) is 26.0. The molecule has 2 heterocycles. The molecule has 3 aromatic rings. The highest BCUT2D eigenvalue weighted by molar-refractivity contribution is 5.99. The van der Waals surface area contributed by atoms with Crippen molar-refractivity contribution in [2.75, 3.05) is 31.2 Å². The average Bonchev–Trinajstić information content (AvgIpc) is 2.86. The topological polar surface area (TPSA) is 77.6 Å². The molecule has 36 heavy (non-hydrogen) atoms. The number of rotatable bonds is 6. The van der Waals surface area contributed by atoms with Crippen LogP contribution in [0.3, 0.4) is 0 Å². The lowest BCUT2D eigenvalue weighted by molar-refractivity contribution is -0.138. The van der Waals surface area contributed by atoms with Gasteiger partial charge in [0, 0.05) is 50.4 Å². The molecule has 0 radical (unpaired) electrons. The number of ether oxygens (including phenoxy) is 1. The van der Waals surface area contributed by atoms with Crippen molar-refractivity contribution >= 4 is 11.5 Å². The number of carbonyl (C=O) groups excluding carboxylic acids is 1. The number of benzene rings is 2. The van der Waals surface area contributed by atoms with Gasteiger partial charge in [0.2, 0.25) is 0 Å². The summed E-state index contributed by atoms with van der Waals surface area (Å²) < 4.78 is 47.2. The number of aromatic nitrogens is 1. The van der Waals surface area contributed by atoms with Crippen LogP contribution in [0, 0.1) is 6.92 Å². The normalized spacial score (nSPS) is 14.2. The zero-order valence-corrected chi connectivity index (χ0v) is 20.2. The number of aryl methyl sites for hydroxylation is 2. The largest absolute Gasteiger partial charge is 0.416 e. The average molecular weight is 500 g/mol.